The number of carbonyl (C=O) groups excluding carboxylic acids is 2. The lowest BCUT2D eigenvalue weighted by Crippen LogP contribution is -2.35. The molecule has 8 heteroatoms. The maximum absolute atomic E-state index is 13.4. The lowest BCUT2D eigenvalue weighted by molar-refractivity contribution is -0.131. The Morgan fingerprint density at radius 1 is 1.00 bits per heavy atom. The van der Waals surface area contributed by atoms with Gasteiger partial charge in [-0.25, -0.2) is 8.78 Å². The van der Waals surface area contributed by atoms with E-state index in [2.05, 4.69) is 10.6 Å². The Morgan fingerprint density at radius 2 is 1.58 bits per heavy atom. The number of amides is 2. The van der Waals surface area contributed by atoms with Crippen molar-refractivity contribution in [2.24, 2.45) is 5.41 Å². The number of aromatic hydroxyl groups is 1. The first-order valence-electron chi connectivity index (χ1n) is 7.81. The lowest BCUT2D eigenvalue weighted by atomic mass is 10.0. The van der Waals surface area contributed by atoms with Gasteiger partial charge < -0.3 is 20.5 Å². The molecular formula is C18H16F2N2O4. The van der Waals surface area contributed by atoms with E-state index >= 15 is 0 Å². The molecule has 0 radical (unpaired) electrons. The molecule has 6 nitrogen and oxygen atoms in total. The Kier molecular flexibility index (Phi) is 4.50. The summed E-state index contributed by atoms with van der Waals surface area (Å²) in [5.41, 5.74) is -0.841. The Balaban J connectivity index is 1.72. The smallest absolute Gasteiger partial charge is 0.240 e. The maximum atomic E-state index is 13.4. The second kappa shape index (κ2) is 6.62. The molecule has 1 aliphatic carbocycles. The van der Waals surface area contributed by atoms with Gasteiger partial charge in [0, 0.05) is 23.5 Å². The number of rotatable bonds is 5. The summed E-state index contributed by atoms with van der Waals surface area (Å²) >= 11 is 0. The van der Waals surface area contributed by atoms with E-state index in [0.717, 1.165) is 18.2 Å². The van der Waals surface area contributed by atoms with Gasteiger partial charge in [-0.1, -0.05) is 0 Å². The van der Waals surface area contributed by atoms with E-state index in [0.29, 0.717) is 18.5 Å². The van der Waals surface area contributed by atoms with Gasteiger partial charge in [0.2, 0.25) is 11.8 Å². The van der Waals surface area contributed by atoms with Crippen molar-refractivity contribution in [3.05, 3.63) is 48.0 Å². The van der Waals surface area contributed by atoms with E-state index in [9.17, 15) is 23.5 Å². The first-order chi connectivity index (χ1) is 12.4. The number of ether oxygens (including phenoxy) is 1. The number of benzene rings is 2. The monoisotopic (exact) mass is 362 g/mol. The van der Waals surface area contributed by atoms with Crippen LogP contribution in [0.2, 0.25) is 0 Å². The molecule has 1 aliphatic rings. The number of nitrogens with one attached hydrogen (secondary N) is 2. The number of methoxy groups -OCH3 is 1. The molecule has 3 N–H and O–H groups in total. The number of carbonyl (C=O) groups is 2. The fourth-order valence-electron chi connectivity index (χ4n) is 2.51. The van der Waals surface area contributed by atoms with Gasteiger partial charge in [-0.2, -0.15) is 0 Å². The van der Waals surface area contributed by atoms with Crippen molar-refractivity contribution in [1.82, 2.24) is 0 Å². The van der Waals surface area contributed by atoms with Crippen molar-refractivity contribution in [3.63, 3.8) is 0 Å². The summed E-state index contributed by atoms with van der Waals surface area (Å²) in [6.45, 7) is 0. The van der Waals surface area contributed by atoms with Crippen LogP contribution in [0.5, 0.6) is 11.5 Å². The van der Waals surface area contributed by atoms with Crippen molar-refractivity contribution in [3.8, 4) is 11.5 Å². The molecule has 2 amide bonds. The van der Waals surface area contributed by atoms with E-state index < -0.39 is 34.6 Å². The molecule has 136 valence electrons. The number of hydrogen-bond acceptors (Lipinski definition) is 4. The highest BCUT2D eigenvalue weighted by Gasteiger charge is 2.56. The number of anilines is 2. The normalized spacial score (nSPS) is 14.4. The maximum Gasteiger partial charge on any atom is 0.240 e. The van der Waals surface area contributed by atoms with E-state index in [4.69, 9.17) is 4.74 Å². The van der Waals surface area contributed by atoms with Gasteiger partial charge >= 0.3 is 0 Å². The SMILES string of the molecule is COc1cc(NC(=O)C2(C(=O)Nc3ccc(O)c(F)c3)CC2)ccc1F. The Bertz CT molecular complexity index is 881. The van der Waals surface area contributed by atoms with Gasteiger partial charge in [0.15, 0.2) is 23.1 Å². The molecule has 1 saturated carbocycles. The second-order valence-corrected chi connectivity index (χ2v) is 6.01. The molecular weight excluding hydrogens is 346 g/mol. The van der Waals surface area contributed by atoms with Crippen molar-refractivity contribution in [1.29, 1.82) is 0 Å². The van der Waals surface area contributed by atoms with E-state index in [1.54, 1.807) is 0 Å². The van der Waals surface area contributed by atoms with Gasteiger partial charge in [-0.05, 0) is 37.1 Å². The zero-order valence-corrected chi connectivity index (χ0v) is 13.8. The Hall–Kier alpha value is -3.16. The Labute approximate surface area is 147 Å². The zero-order valence-electron chi connectivity index (χ0n) is 13.8. The second-order valence-electron chi connectivity index (χ2n) is 6.01. The van der Waals surface area contributed by atoms with Crippen LogP contribution in [0.15, 0.2) is 36.4 Å². The molecule has 0 atom stereocenters. The molecule has 1 fully saturated rings. The standard InChI is InChI=1S/C18H16F2N2O4/c1-26-15-9-11(2-4-12(15)19)22-17(25)18(6-7-18)16(24)21-10-3-5-14(23)13(20)8-10/h2-5,8-9,23H,6-7H2,1H3,(H,21,24)(H,22,25). The molecule has 26 heavy (non-hydrogen) atoms. The molecule has 0 bridgehead atoms. The van der Waals surface area contributed by atoms with E-state index in [-0.39, 0.29) is 11.4 Å². The zero-order chi connectivity index (χ0) is 18.9. The molecule has 2 aromatic rings. The average molecular weight is 362 g/mol. The summed E-state index contributed by atoms with van der Waals surface area (Å²) in [5.74, 6) is -3.13. The van der Waals surface area contributed by atoms with Crippen LogP contribution in [0.4, 0.5) is 20.2 Å². The van der Waals surface area contributed by atoms with E-state index in [1.165, 1.54) is 25.3 Å². The summed E-state index contributed by atoms with van der Waals surface area (Å²) in [6.07, 6.45) is 0.674. The quantitative estimate of drug-likeness (QED) is 0.564. The minimum Gasteiger partial charge on any atom is -0.505 e. The van der Waals surface area contributed by atoms with Gasteiger partial charge in [-0.3, -0.25) is 9.59 Å². The third kappa shape index (κ3) is 3.30. The lowest BCUT2D eigenvalue weighted by Gasteiger charge is -2.16. The first kappa shape index (κ1) is 17.7. The number of phenols is 1. The van der Waals surface area contributed by atoms with Crippen LogP contribution in [0.3, 0.4) is 0 Å². The minimum absolute atomic E-state index is 0.0309. The van der Waals surface area contributed by atoms with Crippen LogP contribution in [0.1, 0.15) is 12.8 Å². The highest BCUT2D eigenvalue weighted by molar-refractivity contribution is 6.16. The predicted molar refractivity (Wildman–Crippen MR) is 89.9 cm³/mol. The predicted octanol–water partition coefficient (Wildman–Crippen LogP) is 3.04. The van der Waals surface area contributed by atoms with Crippen LogP contribution in [-0.2, 0) is 9.59 Å². The molecule has 0 aliphatic heterocycles. The van der Waals surface area contributed by atoms with Crippen molar-refractivity contribution < 1.29 is 28.2 Å². The fraction of sp³-hybridized carbons (Fsp3) is 0.222. The molecule has 0 aromatic heterocycles. The molecule has 0 spiro atoms. The van der Waals surface area contributed by atoms with Crippen LogP contribution in [-0.4, -0.2) is 24.0 Å². The molecule has 2 aromatic carbocycles. The summed E-state index contributed by atoms with van der Waals surface area (Å²) in [5, 5.41) is 14.2. The summed E-state index contributed by atoms with van der Waals surface area (Å²) in [6, 6.07) is 7.22. The highest BCUT2D eigenvalue weighted by atomic mass is 19.1. The summed E-state index contributed by atoms with van der Waals surface area (Å²) in [4.78, 5) is 25.0. The first-order valence-corrected chi connectivity index (χ1v) is 7.81. The van der Waals surface area contributed by atoms with Crippen LogP contribution < -0.4 is 15.4 Å². The highest BCUT2D eigenvalue weighted by Crippen LogP contribution is 2.47. The third-order valence-corrected chi connectivity index (χ3v) is 4.23. The third-order valence-electron chi connectivity index (χ3n) is 4.23. The van der Waals surface area contributed by atoms with Gasteiger partial charge in [-0.15, -0.1) is 0 Å². The summed E-state index contributed by atoms with van der Waals surface area (Å²) < 4.78 is 31.7. The fourth-order valence-corrected chi connectivity index (χ4v) is 2.51. The minimum atomic E-state index is -1.27. The van der Waals surface area contributed by atoms with Crippen LogP contribution in [0.25, 0.3) is 0 Å². The molecule has 0 saturated heterocycles. The van der Waals surface area contributed by atoms with Gasteiger partial charge in [0.1, 0.15) is 5.41 Å². The van der Waals surface area contributed by atoms with Gasteiger partial charge in [0.05, 0.1) is 7.11 Å². The summed E-state index contributed by atoms with van der Waals surface area (Å²) in [7, 11) is 1.30. The van der Waals surface area contributed by atoms with Crippen molar-refractivity contribution in [2.75, 3.05) is 17.7 Å². The van der Waals surface area contributed by atoms with Crippen LogP contribution >= 0.6 is 0 Å². The van der Waals surface area contributed by atoms with E-state index in [1.807, 2.05) is 0 Å². The average Bonchev–Trinajstić information content (AvgIpc) is 3.42. The molecule has 0 unspecified atom stereocenters. The number of phenolic OH excluding ortho intramolecular Hbond substituents is 1. The van der Waals surface area contributed by atoms with Crippen molar-refractivity contribution in [2.45, 2.75) is 12.8 Å². The van der Waals surface area contributed by atoms with Gasteiger partial charge in [0.25, 0.3) is 0 Å². The molecule has 0 heterocycles. The number of hydrogen-bond donors (Lipinski definition) is 3. The van der Waals surface area contributed by atoms with Crippen LogP contribution in [0, 0.1) is 17.0 Å². The topological polar surface area (TPSA) is 87.7 Å². The number of halogens is 2. The largest absolute Gasteiger partial charge is 0.505 e. The van der Waals surface area contributed by atoms with Crippen molar-refractivity contribution >= 4 is 23.2 Å². The molecule has 3 rings (SSSR count). The Morgan fingerprint density at radius 3 is 2.12 bits per heavy atom.